The summed E-state index contributed by atoms with van der Waals surface area (Å²) in [5.74, 6) is -0.547. The number of aromatic nitrogens is 2. The van der Waals surface area contributed by atoms with Gasteiger partial charge in [-0.3, -0.25) is 19.4 Å². The first kappa shape index (κ1) is 30.1. The van der Waals surface area contributed by atoms with Crippen LogP contribution in [0.4, 0.5) is 4.79 Å². The second-order valence-electron chi connectivity index (χ2n) is 10.3. The van der Waals surface area contributed by atoms with E-state index in [1.807, 2.05) is 36.4 Å². The molecule has 0 aliphatic carbocycles. The Morgan fingerprint density at radius 1 is 0.805 bits per heavy atom. The van der Waals surface area contributed by atoms with Gasteiger partial charge in [-0.2, -0.15) is 5.10 Å². The number of benzene rings is 2. The van der Waals surface area contributed by atoms with Gasteiger partial charge in [-0.15, -0.1) is 0 Å². The zero-order valence-corrected chi connectivity index (χ0v) is 24.7. The summed E-state index contributed by atoms with van der Waals surface area (Å²) >= 11 is 6.07. The molecule has 0 radical (unpaired) electrons. The maximum Gasteiger partial charge on any atom is 0.333 e. The molecule has 1 fully saturated rings. The molecule has 1 aliphatic rings. The van der Waals surface area contributed by atoms with E-state index in [1.165, 1.54) is 58.7 Å². The third-order valence-electron chi connectivity index (χ3n) is 7.17. The van der Waals surface area contributed by atoms with E-state index in [0.29, 0.717) is 22.9 Å². The maximum atomic E-state index is 12.9. The molecule has 4 rings (SSSR count). The van der Waals surface area contributed by atoms with Crippen molar-refractivity contribution in [1.82, 2.24) is 19.6 Å². The van der Waals surface area contributed by atoms with Gasteiger partial charge < -0.3 is 4.74 Å². The van der Waals surface area contributed by atoms with E-state index in [0.717, 1.165) is 39.6 Å². The quantitative estimate of drug-likeness (QED) is 0.123. The highest BCUT2D eigenvalue weighted by atomic mass is 35.5. The van der Waals surface area contributed by atoms with E-state index >= 15 is 0 Å². The molecule has 216 valence electrons. The summed E-state index contributed by atoms with van der Waals surface area (Å²) in [4.78, 5) is 39.8. The fourth-order valence-electron chi connectivity index (χ4n) is 4.71. The minimum absolute atomic E-state index is 0.114. The average Bonchev–Trinajstić information content (AvgIpc) is 3.41. The topological polar surface area (TPSA) is 84.7 Å². The number of hydrogen-bond donors (Lipinski definition) is 0. The molecular weight excluding hydrogens is 540 g/mol. The third-order valence-corrected chi connectivity index (χ3v) is 7.42. The number of imide groups is 2. The first-order valence-corrected chi connectivity index (χ1v) is 14.6. The molecule has 0 atom stereocenters. The van der Waals surface area contributed by atoms with E-state index in [4.69, 9.17) is 21.4 Å². The summed E-state index contributed by atoms with van der Waals surface area (Å²) in [5, 5.41) is 5.37. The Labute approximate surface area is 246 Å². The van der Waals surface area contributed by atoms with Crippen molar-refractivity contribution in [3.05, 3.63) is 70.9 Å². The van der Waals surface area contributed by atoms with E-state index < -0.39 is 17.8 Å². The van der Waals surface area contributed by atoms with Crippen LogP contribution in [0.15, 0.2) is 60.3 Å². The highest BCUT2D eigenvalue weighted by Crippen LogP contribution is 2.29. The molecule has 2 aromatic carbocycles. The molecule has 1 saturated heterocycles. The Bertz CT molecular complexity index is 1370. The number of halogens is 1. The van der Waals surface area contributed by atoms with Crippen molar-refractivity contribution >= 4 is 35.5 Å². The van der Waals surface area contributed by atoms with Crippen LogP contribution < -0.4 is 4.74 Å². The second-order valence-corrected chi connectivity index (χ2v) is 10.7. The molecule has 3 aromatic rings. The van der Waals surface area contributed by atoms with Gasteiger partial charge in [-0.05, 0) is 61.0 Å². The molecule has 9 heteroatoms. The van der Waals surface area contributed by atoms with Crippen LogP contribution in [0, 0.1) is 0 Å². The van der Waals surface area contributed by atoms with E-state index in [1.54, 1.807) is 23.0 Å². The normalized spacial score (nSPS) is 13.8. The van der Waals surface area contributed by atoms with Crippen molar-refractivity contribution in [2.75, 3.05) is 20.7 Å². The summed E-state index contributed by atoms with van der Waals surface area (Å²) in [6, 6.07) is 14.1. The van der Waals surface area contributed by atoms with Crippen molar-refractivity contribution in [2.24, 2.45) is 0 Å². The van der Waals surface area contributed by atoms with Gasteiger partial charge >= 0.3 is 6.03 Å². The fourth-order valence-corrected chi connectivity index (χ4v) is 4.83. The molecule has 2 heterocycles. The van der Waals surface area contributed by atoms with Gasteiger partial charge in [-0.1, -0.05) is 63.5 Å². The Hall–Kier alpha value is -3.91. The van der Waals surface area contributed by atoms with Crippen molar-refractivity contribution in [2.45, 2.75) is 58.3 Å². The summed E-state index contributed by atoms with van der Waals surface area (Å²) in [7, 11) is 2.71. The number of ether oxygens (including phenoxy) is 1. The van der Waals surface area contributed by atoms with E-state index in [2.05, 4.69) is 6.92 Å². The van der Waals surface area contributed by atoms with Crippen LogP contribution in [-0.4, -0.2) is 58.1 Å². The minimum Gasteiger partial charge on any atom is -0.494 e. The monoisotopic (exact) mass is 576 g/mol. The van der Waals surface area contributed by atoms with Crippen LogP contribution in [0.2, 0.25) is 5.02 Å². The summed E-state index contributed by atoms with van der Waals surface area (Å²) in [6.07, 6.45) is 13.2. The van der Waals surface area contributed by atoms with Crippen LogP contribution in [0.1, 0.15) is 63.9 Å². The first-order chi connectivity index (χ1) is 19.8. The smallest absolute Gasteiger partial charge is 0.333 e. The lowest BCUT2D eigenvalue weighted by Gasteiger charge is -2.28. The fraction of sp³-hybridized carbons (Fsp3) is 0.375. The van der Waals surface area contributed by atoms with Gasteiger partial charge in [-0.25, -0.2) is 9.48 Å². The molecule has 41 heavy (non-hydrogen) atoms. The Kier molecular flexibility index (Phi) is 10.4. The van der Waals surface area contributed by atoms with Crippen LogP contribution in [-0.2, 0) is 9.59 Å². The molecule has 1 aromatic heterocycles. The number of likely N-dealkylation sites (N-methyl/N-ethyl adjacent to an activating group) is 2. The standard InChI is InChI=1S/C32H37ClN4O4/c1-4-5-6-7-8-9-10-11-20-41-27-18-12-23(13-19-27)29-24(22-37(34-29)26-16-14-25(33)15-17-26)21-28-30(38)35(2)32(40)36(3)31(28)39/h12-19,21-22H,4-11,20H2,1-3H3. The molecule has 8 nitrogen and oxygen atoms in total. The predicted molar refractivity (Wildman–Crippen MR) is 161 cm³/mol. The predicted octanol–water partition coefficient (Wildman–Crippen LogP) is 7.15. The Balaban J connectivity index is 1.52. The molecular formula is C32H37ClN4O4. The Morgan fingerprint density at radius 2 is 1.39 bits per heavy atom. The van der Waals surface area contributed by atoms with Gasteiger partial charge in [0.05, 0.1) is 18.0 Å². The number of carbonyl (C=O) groups excluding carboxylic acids is 3. The Morgan fingerprint density at radius 3 is 2.00 bits per heavy atom. The summed E-state index contributed by atoms with van der Waals surface area (Å²) in [5.41, 5.74) is 2.57. The minimum atomic E-state index is -0.670. The average molecular weight is 577 g/mol. The zero-order chi connectivity index (χ0) is 29.4. The second kappa shape index (κ2) is 14.1. The zero-order valence-electron chi connectivity index (χ0n) is 23.9. The van der Waals surface area contributed by atoms with Crippen molar-refractivity contribution in [3.63, 3.8) is 0 Å². The van der Waals surface area contributed by atoms with Gasteiger partial charge in [0.1, 0.15) is 11.3 Å². The molecule has 0 unspecified atom stereocenters. The highest BCUT2D eigenvalue weighted by Gasteiger charge is 2.38. The third kappa shape index (κ3) is 7.44. The van der Waals surface area contributed by atoms with Crippen molar-refractivity contribution < 1.29 is 19.1 Å². The molecule has 0 saturated carbocycles. The van der Waals surface area contributed by atoms with Gasteiger partial charge in [0.15, 0.2) is 0 Å². The maximum absolute atomic E-state index is 12.9. The van der Waals surface area contributed by atoms with Crippen LogP contribution in [0.3, 0.4) is 0 Å². The lowest BCUT2D eigenvalue weighted by Crippen LogP contribution is -2.52. The number of rotatable bonds is 13. The van der Waals surface area contributed by atoms with Gasteiger partial charge in [0.2, 0.25) is 0 Å². The number of barbiturate groups is 1. The van der Waals surface area contributed by atoms with E-state index in [-0.39, 0.29) is 5.57 Å². The molecule has 4 amide bonds. The van der Waals surface area contributed by atoms with Crippen LogP contribution in [0.5, 0.6) is 5.75 Å². The van der Waals surface area contributed by atoms with Gasteiger partial charge in [0.25, 0.3) is 11.8 Å². The van der Waals surface area contributed by atoms with E-state index in [9.17, 15) is 14.4 Å². The number of amides is 4. The number of hydrogen-bond acceptors (Lipinski definition) is 5. The van der Waals surface area contributed by atoms with Crippen molar-refractivity contribution in [3.8, 4) is 22.7 Å². The molecule has 0 N–H and O–H groups in total. The van der Waals surface area contributed by atoms with Crippen LogP contribution in [0.25, 0.3) is 23.0 Å². The molecule has 0 bridgehead atoms. The largest absolute Gasteiger partial charge is 0.494 e. The van der Waals surface area contributed by atoms with Crippen molar-refractivity contribution in [1.29, 1.82) is 0 Å². The van der Waals surface area contributed by atoms with Gasteiger partial charge in [0, 0.05) is 36.4 Å². The summed E-state index contributed by atoms with van der Waals surface area (Å²) in [6.45, 7) is 2.90. The van der Waals surface area contributed by atoms with Crippen LogP contribution >= 0.6 is 11.6 Å². The number of carbonyl (C=O) groups is 3. The number of nitrogens with zero attached hydrogens (tertiary/aromatic N) is 4. The highest BCUT2D eigenvalue weighted by molar-refractivity contribution is 6.31. The first-order valence-electron chi connectivity index (χ1n) is 14.2. The molecule has 1 aliphatic heterocycles. The number of unbranched alkanes of at least 4 members (excludes halogenated alkanes) is 7. The summed E-state index contributed by atoms with van der Waals surface area (Å²) < 4.78 is 7.63. The number of urea groups is 1. The SMILES string of the molecule is CCCCCCCCCCOc1ccc(-c2nn(-c3ccc(Cl)cc3)cc2C=C2C(=O)N(C)C(=O)N(C)C2=O)cc1. The molecule has 0 spiro atoms. The lowest BCUT2D eigenvalue weighted by atomic mass is 10.0. The lowest BCUT2D eigenvalue weighted by molar-refractivity contribution is -0.134.